The zero-order chi connectivity index (χ0) is 18.7. The van der Waals surface area contributed by atoms with E-state index in [9.17, 15) is 19.2 Å². The van der Waals surface area contributed by atoms with Crippen LogP contribution >= 0.6 is 11.8 Å². The van der Waals surface area contributed by atoms with Crippen LogP contribution in [0.15, 0.2) is 29.2 Å². The Morgan fingerprint density at radius 1 is 1.12 bits per heavy atom. The average Bonchev–Trinajstić information content (AvgIpc) is 2.58. The third-order valence-corrected chi connectivity index (χ3v) is 3.77. The maximum Gasteiger partial charge on any atom is 0.413 e. The summed E-state index contributed by atoms with van der Waals surface area (Å²) in [5.41, 5.74) is 0.548. The molecule has 1 rings (SSSR count). The molecule has 0 aliphatic heterocycles. The van der Waals surface area contributed by atoms with Gasteiger partial charge in [-0.05, 0) is 25.1 Å². The van der Waals surface area contributed by atoms with E-state index in [1.165, 1.54) is 18.9 Å². The number of imide groups is 1. The maximum absolute atomic E-state index is 11.8. The molecule has 1 aromatic rings. The van der Waals surface area contributed by atoms with Crippen LogP contribution in [0.2, 0.25) is 0 Å². The third kappa shape index (κ3) is 8.75. The van der Waals surface area contributed by atoms with Crippen molar-refractivity contribution in [2.75, 3.05) is 24.8 Å². The quantitative estimate of drug-likeness (QED) is 0.533. The van der Waals surface area contributed by atoms with Crippen molar-refractivity contribution < 1.29 is 28.7 Å². The maximum atomic E-state index is 11.8. The standard InChI is InChI=1S/C16H20N2O6S/c1-3-24-15(21)8-7-13(19)17-11-5-4-6-12(9-11)25-10-14(20)18-16(22)23-2/h4-6,9H,3,7-8,10H2,1-2H3,(H,17,19)(H,18,20,22). The van der Waals surface area contributed by atoms with Gasteiger partial charge in [0.15, 0.2) is 0 Å². The summed E-state index contributed by atoms with van der Waals surface area (Å²) in [5.74, 6) is -1.19. The number of hydrogen-bond acceptors (Lipinski definition) is 7. The molecule has 9 heteroatoms. The highest BCUT2D eigenvalue weighted by Crippen LogP contribution is 2.21. The minimum absolute atomic E-state index is 0.0157. The smallest absolute Gasteiger partial charge is 0.413 e. The highest BCUT2D eigenvalue weighted by molar-refractivity contribution is 8.00. The third-order valence-electron chi connectivity index (χ3n) is 2.78. The fourth-order valence-corrected chi connectivity index (χ4v) is 2.44. The first-order chi connectivity index (χ1) is 11.9. The zero-order valence-electron chi connectivity index (χ0n) is 14.0. The highest BCUT2D eigenvalue weighted by atomic mass is 32.2. The van der Waals surface area contributed by atoms with Crippen molar-refractivity contribution >= 4 is 41.3 Å². The van der Waals surface area contributed by atoms with Crippen molar-refractivity contribution in [3.8, 4) is 0 Å². The van der Waals surface area contributed by atoms with Gasteiger partial charge < -0.3 is 14.8 Å². The van der Waals surface area contributed by atoms with E-state index in [-0.39, 0.29) is 31.1 Å². The van der Waals surface area contributed by atoms with Gasteiger partial charge in [-0.3, -0.25) is 19.7 Å². The van der Waals surface area contributed by atoms with Crippen molar-refractivity contribution in [3.05, 3.63) is 24.3 Å². The van der Waals surface area contributed by atoms with E-state index in [2.05, 4.69) is 10.1 Å². The lowest BCUT2D eigenvalue weighted by atomic mass is 10.2. The monoisotopic (exact) mass is 368 g/mol. The number of thioether (sulfide) groups is 1. The number of rotatable bonds is 8. The number of ether oxygens (including phenoxy) is 2. The molecule has 136 valence electrons. The molecule has 0 fully saturated rings. The molecule has 0 radical (unpaired) electrons. The number of hydrogen-bond donors (Lipinski definition) is 2. The first-order valence-corrected chi connectivity index (χ1v) is 8.49. The second-order valence-electron chi connectivity index (χ2n) is 4.71. The van der Waals surface area contributed by atoms with Crippen LogP contribution in [0.25, 0.3) is 0 Å². The van der Waals surface area contributed by atoms with Crippen LogP contribution in [0.4, 0.5) is 10.5 Å². The van der Waals surface area contributed by atoms with E-state index < -0.39 is 18.0 Å². The molecule has 0 spiro atoms. The molecule has 0 atom stereocenters. The van der Waals surface area contributed by atoms with E-state index >= 15 is 0 Å². The van der Waals surface area contributed by atoms with E-state index in [4.69, 9.17) is 4.74 Å². The van der Waals surface area contributed by atoms with Gasteiger partial charge in [-0.25, -0.2) is 4.79 Å². The molecular formula is C16H20N2O6S. The minimum atomic E-state index is -0.812. The fraction of sp³-hybridized carbons (Fsp3) is 0.375. The van der Waals surface area contributed by atoms with Gasteiger partial charge in [0.25, 0.3) is 0 Å². The van der Waals surface area contributed by atoms with Crippen LogP contribution in [0.3, 0.4) is 0 Å². The normalized spacial score (nSPS) is 9.84. The first kappa shape index (κ1) is 20.5. The van der Waals surface area contributed by atoms with E-state index in [1.54, 1.807) is 31.2 Å². The zero-order valence-corrected chi connectivity index (χ0v) is 14.8. The molecule has 0 aliphatic carbocycles. The summed E-state index contributed by atoms with van der Waals surface area (Å²) >= 11 is 1.20. The van der Waals surface area contributed by atoms with Crippen molar-refractivity contribution in [3.63, 3.8) is 0 Å². The molecule has 25 heavy (non-hydrogen) atoms. The lowest BCUT2D eigenvalue weighted by molar-refractivity contribution is -0.144. The van der Waals surface area contributed by atoms with Crippen LogP contribution in [0, 0.1) is 0 Å². The Bertz CT molecular complexity index is 635. The highest BCUT2D eigenvalue weighted by Gasteiger charge is 2.10. The van der Waals surface area contributed by atoms with Gasteiger partial charge in [-0.2, -0.15) is 0 Å². The number of carbonyl (C=O) groups excluding carboxylic acids is 4. The molecular weight excluding hydrogens is 348 g/mol. The van der Waals surface area contributed by atoms with Crippen molar-refractivity contribution in [2.45, 2.75) is 24.7 Å². The molecule has 0 aromatic heterocycles. The topological polar surface area (TPSA) is 111 Å². The van der Waals surface area contributed by atoms with Crippen LogP contribution < -0.4 is 10.6 Å². The molecule has 0 saturated carbocycles. The number of anilines is 1. The Hall–Kier alpha value is -2.55. The summed E-state index contributed by atoms with van der Waals surface area (Å²) < 4.78 is 9.09. The Morgan fingerprint density at radius 3 is 2.56 bits per heavy atom. The minimum Gasteiger partial charge on any atom is -0.466 e. The number of nitrogens with one attached hydrogen (secondary N) is 2. The van der Waals surface area contributed by atoms with E-state index in [0.29, 0.717) is 5.69 Å². The van der Waals surface area contributed by atoms with Gasteiger partial charge in [-0.15, -0.1) is 11.8 Å². The molecule has 1 aromatic carbocycles. The molecule has 0 unspecified atom stereocenters. The number of methoxy groups -OCH3 is 1. The Labute approximate surface area is 149 Å². The number of benzene rings is 1. The second-order valence-corrected chi connectivity index (χ2v) is 5.76. The Balaban J connectivity index is 2.46. The summed E-state index contributed by atoms with van der Waals surface area (Å²) in [6.07, 6.45) is -0.771. The molecule has 0 aliphatic rings. The number of amides is 3. The van der Waals surface area contributed by atoms with Crippen LogP contribution in [0.5, 0.6) is 0 Å². The van der Waals surface area contributed by atoms with Gasteiger partial charge in [0.05, 0.1) is 25.9 Å². The van der Waals surface area contributed by atoms with E-state index in [0.717, 1.165) is 4.90 Å². The number of alkyl carbamates (subject to hydrolysis) is 1. The SMILES string of the molecule is CCOC(=O)CCC(=O)Nc1cccc(SCC(=O)NC(=O)OC)c1. The molecule has 0 saturated heterocycles. The number of carbonyl (C=O) groups is 4. The molecule has 2 N–H and O–H groups in total. The largest absolute Gasteiger partial charge is 0.466 e. The number of esters is 1. The van der Waals surface area contributed by atoms with Crippen molar-refractivity contribution in [1.82, 2.24) is 5.32 Å². The summed E-state index contributed by atoms with van der Waals surface area (Å²) in [4.78, 5) is 46.2. The predicted molar refractivity (Wildman–Crippen MR) is 92.2 cm³/mol. The van der Waals surface area contributed by atoms with E-state index in [1.807, 2.05) is 5.32 Å². The molecule has 0 bridgehead atoms. The van der Waals surface area contributed by atoms with Gasteiger partial charge in [0.1, 0.15) is 0 Å². The van der Waals surface area contributed by atoms with Gasteiger partial charge in [-0.1, -0.05) is 6.07 Å². The van der Waals surface area contributed by atoms with Crippen LogP contribution in [-0.4, -0.2) is 43.3 Å². The van der Waals surface area contributed by atoms with Crippen molar-refractivity contribution in [2.24, 2.45) is 0 Å². The van der Waals surface area contributed by atoms with Crippen LogP contribution in [-0.2, 0) is 23.9 Å². The first-order valence-electron chi connectivity index (χ1n) is 7.50. The Kier molecular flexibility index (Phi) is 9.09. The lowest BCUT2D eigenvalue weighted by Gasteiger charge is -2.07. The summed E-state index contributed by atoms with van der Waals surface area (Å²) in [5, 5.41) is 4.72. The second kappa shape index (κ2) is 11.1. The summed E-state index contributed by atoms with van der Waals surface area (Å²) in [6, 6.07) is 6.88. The Morgan fingerprint density at radius 2 is 1.88 bits per heavy atom. The molecule has 3 amide bonds. The van der Waals surface area contributed by atoms with Gasteiger partial charge in [0, 0.05) is 17.0 Å². The lowest BCUT2D eigenvalue weighted by Crippen LogP contribution is -2.31. The summed E-state index contributed by atoms with van der Waals surface area (Å²) in [7, 11) is 1.17. The van der Waals surface area contributed by atoms with Crippen molar-refractivity contribution in [1.29, 1.82) is 0 Å². The van der Waals surface area contributed by atoms with Gasteiger partial charge >= 0.3 is 12.1 Å². The molecule has 8 nitrogen and oxygen atoms in total. The predicted octanol–water partition coefficient (Wildman–Crippen LogP) is 1.94. The van der Waals surface area contributed by atoms with Crippen LogP contribution in [0.1, 0.15) is 19.8 Å². The summed E-state index contributed by atoms with van der Waals surface area (Å²) in [6.45, 7) is 1.98. The van der Waals surface area contributed by atoms with Gasteiger partial charge in [0.2, 0.25) is 11.8 Å². The average molecular weight is 368 g/mol. The fourth-order valence-electron chi connectivity index (χ4n) is 1.69. The molecule has 0 heterocycles.